The van der Waals surface area contributed by atoms with Gasteiger partial charge in [0.15, 0.2) is 5.54 Å². The van der Waals surface area contributed by atoms with E-state index in [1.807, 2.05) is 11.0 Å². The van der Waals surface area contributed by atoms with Crippen molar-refractivity contribution in [3.8, 4) is 0 Å². The smallest absolute Gasteiger partial charge is 0.332 e. The molecule has 0 bridgehead atoms. The Labute approximate surface area is 184 Å². The molecule has 1 aromatic carbocycles. The molecule has 4 rings (SSSR count). The summed E-state index contributed by atoms with van der Waals surface area (Å²) in [5, 5.41) is 19.7. The van der Waals surface area contributed by atoms with Crippen molar-refractivity contribution in [3.05, 3.63) is 64.9 Å². The third kappa shape index (κ3) is 4.13. The zero-order chi connectivity index (χ0) is 22.0. The predicted octanol–water partition coefficient (Wildman–Crippen LogP) is 1.78. The lowest BCUT2D eigenvalue weighted by Gasteiger charge is -2.37. The largest absolute Gasteiger partial charge is 0.479 e. The Morgan fingerprint density at radius 2 is 1.84 bits per heavy atom. The van der Waals surface area contributed by atoms with E-state index < -0.39 is 17.4 Å². The number of rotatable bonds is 5. The summed E-state index contributed by atoms with van der Waals surface area (Å²) in [5.41, 5.74) is -0.144. The van der Waals surface area contributed by atoms with Crippen molar-refractivity contribution in [2.45, 2.75) is 12.0 Å². The van der Waals surface area contributed by atoms with Gasteiger partial charge in [0.25, 0.3) is 5.91 Å². The second-order valence-corrected chi connectivity index (χ2v) is 8.16. The number of carbonyl (C=O) groups is 2. The lowest BCUT2D eigenvalue weighted by Crippen LogP contribution is -2.51. The SMILES string of the molecule is O=C(c1ccccc1Cl)N1CCN(/C(=N/C2(C(=O)O)CC2CO)c2cccnc2)CC1. The van der Waals surface area contributed by atoms with Crippen molar-refractivity contribution in [3.63, 3.8) is 0 Å². The van der Waals surface area contributed by atoms with Gasteiger partial charge in [-0.05, 0) is 30.7 Å². The first-order chi connectivity index (χ1) is 15.0. The maximum absolute atomic E-state index is 12.9. The Morgan fingerprint density at radius 3 is 2.42 bits per heavy atom. The molecule has 2 unspecified atom stereocenters. The van der Waals surface area contributed by atoms with Crippen LogP contribution in [-0.4, -0.2) is 81.0 Å². The highest BCUT2D eigenvalue weighted by Gasteiger charge is 2.61. The summed E-state index contributed by atoms with van der Waals surface area (Å²) in [7, 11) is 0. The number of hydrogen-bond acceptors (Lipinski definition) is 5. The molecule has 1 saturated heterocycles. The number of nitrogens with zero attached hydrogens (tertiary/aromatic N) is 4. The Morgan fingerprint density at radius 1 is 1.13 bits per heavy atom. The molecular formula is C22H23ClN4O4. The first-order valence-electron chi connectivity index (χ1n) is 10.1. The number of carboxylic acids is 1. The van der Waals surface area contributed by atoms with E-state index >= 15 is 0 Å². The number of hydrogen-bond donors (Lipinski definition) is 2. The van der Waals surface area contributed by atoms with Gasteiger partial charge in [0.2, 0.25) is 0 Å². The van der Waals surface area contributed by atoms with Gasteiger partial charge in [0, 0.05) is 56.7 Å². The number of amidine groups is 1. The Balaban J connectivity index is 1.56. The highest BCUT2D eigenvalue weighted by atomic mass is 35.5. The number of carboxylic acid groups (broad SMARTS) is 1. The maximum atomic E-state index is 12.9. The van der Waals surface area contributed by atoms with Crippen LogP contribution in [0.25, 0.3) is 0 Å². The van der Waals surface area contributed by atoms with Crippen LogP contribution in [0.2, 0.25) is 5.02 Å². The van der Waals surface area contributed by atoms with Crippen molar-refractivity contribution in [1.82, 2.24) is 14.8 Å². The fraction of sp³-hybridized carbons (Fsp3) is 0.364. The van der Waals surface area contributed by atoms with E-state index in [1.54, 1.807) is 47.6 Å². The zero-order valence-corrected chi connectivity index (χ0v) is 17.6. The fourth-order valence-electron chi connectivity index (χ4n) is 3.91. The average molecular weight is 443 g/mol. The Hall–Kier alpha value is -2.97. The minimum absolute atomic E-state index is 0.130. The van der Waals surface area contributed by atoms with Crippen LogP contribution in [0, 0.1) is 5.92 Å². The van der Waals surface area contributed by atoms with E-state index in [2.05, 4.69) is 9.98 Å². The van der Waals surface area contributed by atoms with Crippen LogP contribution in [0.15, 0.2) is 53.8 Å². The van der Waals surface area contributed by atoms with Gasteiger partial charge in [0.05, 0.1) is 10.6 Å². The lowest BCUT2D eigenvalue weighted by molar-refractivity contribution is -0.140. The molecule has 2 atom stereocenters. The average Bonchev–Trinajstić information content (AvgIpc) is 3.53. The molecule has 2 aromatic rings. The van der Waals surface area contributed by atoms with Crippen molar-refractivity contribution in [1.29, 1.82) is 0 Å². The quantitative estimate of drug-likeness (QED) is 0.540. The standard InChI is InChI=1S/C22H23ClN4O4/c23-18-6-2-1-5-17(18)20(29)27-10-8-26(9-11-27)19(15-4-3-7-24-13-15)25-22(21(30)31)12-16(22)14-28/h1-7,13,16,28H,8-12,14H2,(H,30,31)/b25-19+. The van der Waals surface area contributed by atoms with Gasteiger partial charge in [0.1, 0.15) is 5.84 Å². The Bertz CT molecular complexity index is 1010. The molecule has 1 aliphatic heterocycles. The molecule has 0 radical (unpaired) electrons. The lowest BCUT2D eigenvalue weighted by atomic mass is 10.1. The minimum atomic E-state index is -1.32. The fourth-order valence-corrected chi connectivity index (χ4v) is 4.12. The van der Waals surface area contributed by atoms with E-state index in [-0.39, 0.29) is 12.5 Å². The number of aliphatic carboxylic acids is 1. The van der Waals surface area contributed by atoms with Crippen molar-refractivity contribution >= 4 is 29.3 Å². The van der Waals surface area contributed by atoms with Crippen LogP contribution in [0.1, 0.15) is 22.3 Å². The topological polar surface area (TPSA) is 106 Å². The van der Waals surface area contributed by atoms with Gasteiger partial charge < -0.3 is 20.0 Å². The van der Waals surface area contributed by atoms with Gasteiger partial charge in [-0.3, -0.25) is 9.78 Å². The van der Waals surface area contributed by atoms with Crippen molar-refractivity contribution < 1.29 is 19.8 Å². The molecule has 2 N–H and O–H groups in total. The molecule has 1 aromatic heterocycles. The molecule has 1 amide bonds. The molecule has 31 heavy (non-hydrogen) atoms. The van der Waals surface area contributed by atoms with E-state index in [4.69, 9.17) is 11.6 Å². The number of aliphatic hydroxyl groups is 1. The maximum Gasteiger partial charge on any atom is 0.332 e. The number of carbonyl (C=O) groups excluding carboxylic acids is 1. The number of halogens is 1. The normalized spacial score (nSPS) is 23.5. The number of aromatic nitrogens is 1. The first-order valence-corrected chi connectivity index (χ1v) is 10.5. The zero-order valence-electron chi connectivity index (χ0n) is 16.8. The first kappa shape index (κ1) is 21.3. The highest BCUT2D eigenvalue weighted by molar-refractivity contribution is 6.33. The van der Waals surface area contributed by atoms with Gasteiger partial charge in [-0.1, -0.05) is 23.7 Å². The summed E-state index contributed by atoms with van der Waals surface area (Å²) < 4.78 is 0. The molecule has 1 saturated carbocycles. The molecule has 9 heteroatoms. The molecular weight excluding hydrogens is 420 g/mol. The summed E-state index contributed by atoms with van der Waals surface area (Å²) >= 11 is 6.17. The number of amides is 1. The van der Waals surface area contributed by atoms with E-state index in [0.717, 1.165) is 0 Å². The number of piperazine rings is 1. The number of pyridine rings is 1. The summed E-state index contributed by atoms with van der Waals surface area (Å²) in [6.07, 6.45) is 3.58. The van der Waals surface area contributed by atoms with E-state index in [1.165, 1.54) is 0 Å². The molecule has 162 valence electrons. The van der Waals surface area contributed by atoms with Crippen LogP contribution in [0.4, 0.5) is 0 Å². The van der Waals surface area contributed by atoms with Crippen LogP contribution in [0.3, 0.4) is 0 Å². The summed E-state index contributed by atoms with van der Waals surface area (Å²) in [6.45, 7) is 1.66. The molecule has 2 aliphatic rings. The molecule has 2 heterocycles. The van der Waals surface area contributed by atoms with Crippen molar-refractivity contribution in [2.75, 3.05) is 32.8 Å². The van der Waals surface area contributed by atoms with Crippen LogP contribution >= 0.6 is 11.6 Å². The second-order valence-electron chi connectivity index (χ2n) is 7.75. The molecule has 2 fully saturated rings. The molecule has 1 aliphatic carbocycles. The number of aliphatic hydroxyl groups excluding tert-OH is 1. The van der Waals surface area contributed by atoms with E-state index in [0.29, 0.717) is 54.6 Å². The highest BCUT2D eigenvalue weighted by Crippen LogP contribution is 2.47. The van der Waals surface area contributed by atoms with Crippen molar-refractivity contribution in [2.24, 2.45) is 10.9 Å². The number of aliphatic imine (C=N–C) groups is 1. The monoisotopic (exact) mass is 442 g/mol. The predicted molar refractivity (Wildman–Crippen MR) is 115 cm³/mol. The van der Waals surface area contributed by atoms with Crippen LogP contribution in [-0.2, 0) is 4.79 Å². The van der Waals surface area contributed by atoms with Gasteiger partial charge in [-0.25, -0.2) is 9.79 Å². The number of benzene rings is 1. The molecule has 0 spiro atoms. The minimum Gasteiger partial charge on any atom is -0.479 e. The van der Waals surface area contributed by atoms with Crippen LogP contribution in [0.5, 0.6) is 0 Å². The third-order valence-electron chi connectivity index (χ3n) is 5.86. The summed E-state index contributed by atoms with van der Waals surface area (Å²) in [6, 6.07) is 10.6. The Kier molecular flexibility index (Phi) is 5.93. The second kappa shape index (κ2) is 8.64. The van der Waals surface area contributed by atoms with E-state index in [9.17, 15) is 19.8 Å². The van der Waals surface area contributed by atoms with Gasteiger partial charge in [-0.2, -0.15) is 0 Å². The van der Waals surface area contributed by atoms with Crippen LogP contribution < -0.4 is 0 Å². The van der Waals surface area contributed by atoms with Gasteiger partial charge in [-0.15, -0.1) is 0 Å². The summed E-state index contributed by atoms with van der Waals surface area (Å²) in [4.78, 5) is 37.3. The third-order valence-corrected chi connectivity index (χ3v) is 6.19. The van der Waals surface area contributed by atoms with Gasteiger partial charge >= 0.3 is 5.97 Å². The summed E-state index contributed by atoms with van der Waals surface area (Å²) in [5.74, 6) is -1.05. The molecule has 8 nitrogen and oxygen atoms in total.